The Hall–Kier alpha value is 1.70. The second-order valence-electron chi connectivity index (χ2n) is 5.56. The predicted octanol–water partition coefficient (Wildman–Crippen LogP) is 7.98. The van der Waals surface area contributed by atoms with Gasteiger partial charge in [0.25, 0.3) is 0 Å². The van der Waals surface area contributed by atoms with E-state index >= 15 is 0 Å². The maximum absolute atomic E-state index is 6.17. The zero-order chi connectivity index (χ0) is 15.6. The van der Waals surface area contributed by atoms with Crippen molar-refractivity contribution in [2.75, 3.05) is 0 Å². The van der Waals surface area contributed by atoms with Gasteiger partial charge in [0, 0.05) is 15.7 Å². The summed E-state index contributed by atoms with van der Waals surface area (Å²) in [6, 6.07) is 0. The molecule has 0 saturated carbocycles. The van der Waals surface area contributed by atoms with Crippen molar-refractivity contribution in [2.45, 2.75) is 95.8 Å². The largest absolute Gasteiger partial charge is 0.110 e. The highest BCUT2D eigenvalue weighted by atomic mass is 33.5. The molecular formula is C15H33PS4. The molecule has 20 heavy (non-hydrogen) atoms. The average molecular weight is 373 g/mol. The van der Waals surface area contributed by atoms with Crippen LogP contribution in [0.5, 0.6) is 0 Å². The first-order chi connectivity index (χ1) is 9.36. The lowest BCUT2D eigenvalue weighted by atomic mass is 10.3. The molecule has 0 aromatic carbocycles. The number of rotatable bonds is 12. The summed E-state index contributed by atoms with van der Waals surface area (Å²) in [5, 5.41) is 2.15. The Bertz CT molecular complexity index is 240. The zero-order valence-corrected chi connectivity index (χ0v) is 18.2. The predicted molar refractivity (Wildman–Crippen MR) is 110 cm³/mol. The van der Waals surface area contributed by atoms with Gasteiger partial charge >= 0.3 is 0 Å². The summed E-state index contributed by atoms with van der Waals surface area (Å²) in [7, 11) is 0. The van der Waals surface area contributed by atoms with Crippen molar-refractivity contribution in [2.24, 2.45) is 0 Å². The Kier molecular flexibility index (Phi) is 13.2. The van der Waals surface area contributed by atoms with Gasteiger partial charge in [0.15, 0.2) is 0 Å². The van der Waals surface area contributed by atoms with Crippen LogP contribution in [0.3, 0.4) is 0 Å². The summed E-state index contributed by atoms with van der Waals surface area (Å²) in [4.78, 5) is 0. The number of hydrogen-bond acceptors (Lipinski definition) is 4. The fourth-order valence-electron chi connectivity index (χ4n) is 2.11. The standard InChI is InChI=1S/C15H33PS4/c1-7-10-13(4)18-16(17,19-14(5)11-8-2)20-15(6)12-9-3/h13-15H,7-12H2,1-6H3. The average Bonchev–Trinajstić information content (AvgIpc) is 2.28. The second-order valence-corrected chi connectivity index (χ2v) is 22.1. The minimum Gasteiger partial charge on any atom is -0.101 e. The summed E-state index contributed by atoms with van der Waals surface area (Å²) >= 11 is 12.6. The molecular weight excluding hydrogens is 339 g/mol. The lowest BCUT2D eigenvalue weighted by Crippen LogP contribution is -1.99. The van der Waals surface area contributed by atoms with Crippen LogP contribution in [0.2, 0.25) is 0 Å². The van der Waals surface area contributed by atoms with E-state index in [1.54, 1.807) is 0 Å². The van der Waals surface area contributed by atoms with E-state index in [-0.39, 0.29) is 0 Å². The molecule has 0 nitrogen and oxygen atoms in total. The first-order valence-electron chi connectivity index (χ1n) is 8.02. The summed E-state index contributed by atoms with van der Waals surface area (Å²) < 4.78 is -1.39. The molecule has 0 amide bonds. The van der Waals surface area contributed by atoms with Gasteiger partial charge in [-0.3, -0.25) is 0 Å². The Labute approximate surface area is 145 Å². The first-order valence-corrected chi connectivity index (χ1v) is 15.3. The van der Waals surface area contributed by atoms with E-state index in [1.165, 1.54) is 38.5 Å². The SMILES string of the molecule is CCCC(C)SP(=S)(SC(C)CCC)SC(C)CCC. The highest BCUT2D eigenvalue weighted by Gasteiger charge is 2.27. The third kappa shape index (κ3) is 10.4. The monoisotopic (exact) mass is 372 g/mol. The van der Waals surface area contributed by atoms with E-state index in [1.807, 2.05) is 0 Å². The van der Waals surface area contributed by atoms with Crippen molar-refractivity contribution in [1.29, 1.82) is 0 Å². The fraction of sp³-hybridized carbons (Fsp3) is 1.00. The third-order valence-electron chi connectivity index (χ3n) is 3.01. The molecule has 0 saturated heterocycles. The maximum atomic E-state index is 6.17. The van der Waals surface area contributed by atoms with Crippen molar-refractivity contribution in [3.63, 3.8) is 0 Å². The summed E-state index contributed by atoms with van der Waals surface area (Å²) in [5.41, 5.74) is 0. The lowest BCUT2D eigenvalue weighted by Gasteiger charge is -2.28. The van der Waals surface area contributed by atoms with E-state index in [0.717, 1.165) is 0 Å². The first kappa shape index (κ1) is 21.7. The number of hydrogen-bond donors (Lipinski definition) is 0. The van der Waals surface area contributed by atoms with Gasteiger partial charge in [-0.25, -0.2) is 0 Å². The smallest absolute Gasteiger partial charge is 0.101 e. The molecule has 3 unspecified atom stereocenters. The van der Waals surface area contributed by atoms with Crippen LogP contribution in [0.1, 0.15) is 80.1 Å². The van der Waals surface area contributed by atoms with Crippen molar-refractivity contribution in [3.8, 4) is 0 Å². The Balaban J connectivity index is 4.69. The quantitative estimate of drug-likeness (QED) is 0.318. The van der Waals surface area contributed by atoms with Crippen molar-refractivity contribution >= 4 is 49.6 Å². The molecule has 5 heteroatoms. The van der Waals surface area contributed by atoms with Crippen LogP contribution in [0.15, 0.2) is 0 Å². The van der Waals surface area contributed by atoms with Gasteiger partial charge < -0.3 is 0 Å². The van der Waals surface area contributed by atoms with Crippen LogP contribution in [0.4, 0.5) is 0 Å². The molecule has 0 rings (SSSR count). The van der Waals surface area contributed by atoms with Crippen LogP contribution in [-0.2, 0) is 11.8 Å². The van der Waals surface area contributed by atoms with E-state index in [2.05, 4.69) is 75.7 Å². The minimum atomic E-state index is -1.39. The van der Waals surface area contributed by atoms with Gasteiger partial charge in [-0.15, -0.1) is 34.1 Å². The van der Waals surface area contributed by atoms with E-state index in [0.29, 0.717) is 15.7 Å². The van der Waals surface area contributed by atoms with Gasteiger partial charge in [0.05, 0.1) is 0 Å². The van der Waals surface area contributed by atoms with Crippen molar-refractivity contribution < 1.29 is 0 Å². The summed E-state index contributed by atoms with van der Waals surface area (Å²) in [6.45, 7) is 13.9. The molecule has 0 spiro atoms. The van der Waals surface area contributed by atoms with Gasteiger partial charge in [0.1, 0.15) is 3.64 Å². The van der Waals surface area contributed by atoms with E-state index in [4.69, 9.17) is 11.8 Å². The molecule has 0 radical (unpaired) electrons. The van der Waals surface area contributed by atoms with Crippen LogP contribution >= 0.6 is 37.8 Å². The summed E-state index contributed by atoms with van der Waals surface area (Å²) in [6.07, 6.45) is 7.72. The lowest BCUT2D eigenvalue weighted by molar-refractivity contribution is 0.789. The van der Waals surface area contributed by atoms with Crippen molar-refractivity contribution in [3.05, 3.63) is 0 Å². The highest BCUT2D eigenvalue weighted by molar-refractivity contribution is 9.23. The molecule has 0 aliphatic heterocycles. The van der Waals surface area contributed by atoms with Crippen LogP contribution in [0.25, 0.3) is 0 Å². The second kappa shape index (κ2) is 12.2. The van der Waals surface area contributed by atoms with Gasteiger partial charge in [-0.1, -0.05) is 72.6 Å². The van der Waals surface area contributed by atoms with E-state index < -0.39 is 3.64 Å². The Morgan fingerprint density at radius 2 is 0.950 bits per heavy atom. The third-order valence-corrected chi connectivity index (χ3v) is 18.1. The van der Waals surface area contributed by atoms with Gasteiger partial charge in [-0.05, 0) is 19.3 Å². The zero-order valence-electron chi connectivity index (χ0n) is 14.1. The van der Waals surface area contributed by atoms with Crippen LogP contribution in [0, 0.1) is 0 Å². The normalized spacial score (nSPS) is 19.3. The molecule has 0 aliphatic rings. The van der Waals surface area contributed by atoms with E-state index in [9.17, 15) is 0 Å². The molecule has 0 aromatic heterocycles. The highest BCUT2D eigenvalue weighted by Crippen LogP contribution is 2.81. The molecule has 0 heterocycles. The molecule has 0 N–H and O–H groups in total. The van der Waals surface area contributed by atoms with Crippen LogP contribution in [-0.4, -0.2) is 15.7 Å². The van der Waals surface area contributed by atoms with Gasteiger partial charge in [0.2, 0.25) is 0 Å². The summed E-state index contributed by atoms with van der Waals surface area (Å²) in [5.74, 6) is 0. The molecule has 3 atom stereocenters. The molecule has 0 aromatic rings. The molecule has 0 aliphatic carbocycles. The Morgan fingerprint density at radius 1 is 0.700 bits per heavy atom. The molecule has 0 bridgehead atoms. The van der Waals surface area contributed by atoms with Crippen LogP contribution < -0.4 is 0 Å². The molecule has 0 fully saturated rings. The maximum Gasteiger partial charge on any atom is 0.110 e. The van der Waals surface area contributed by atoms with Crippen molar-refractivity contribution in [1.82, 2.24) is 0 Å². The van der Waals surface area contributed by atoms with Gasteiger partial charge in [-0.2, -0.15) is 0 Å². The molecule has 122 valence electrons. The fourth-order valence-corrected chi connectivity index (χ4v) is 23.2. The topological polar surface area (TPSA) is 0 Å². The Morgan fingerprint density at radius 3 is 1.15 bits per heavy atom. The minimum absolute atomic E-state index is 0.716.